The number of aromatic nitrogens is 1. The van der Waals surface area contributed by atoms with Gasteiger partial charge in [-0.05, 0) is 101 Å². The molecule has 0 bridgehead atoms. The summed E-state index contributed by atoms with van der Waals surface area (Å²) in [5.41, 5.74) is 3.42. The molecule has 0 saturated carbocycles. The van der Waals surface area contributed by atoms with Gasteiger partial charge >= 0.3 is 0 Å². The lowest BCUT2D eigenvalue weighted by Gasteiger charge is -2.21. The second kappa shape index (κ2) is 11.1. The van der Waals surface area contributed by atoms with Crippen LogP contribution in [0.5, 0.6) is 0 Å². The Bertz CT molecular complexity index is 979. The fourth-order valence-corrected chi connectivity index (χ4v) is 5.18. The van der Waals surface area contributed by atoms with E-state index in [2.05, 4.69) is 30.9 Å². The lowest BCUT2D eigenvalue weighted by Crippen LogP contribution is -2.33. The number of rotatable bonds is 10. The van der Waals surface area contributed by atoms with Gasteiger partial charge in [0, 0.05) is 17.9 Å². The highest BCUT2D eigenvalue weighted by molar-refractivity contribution is 7.99. The molecule has 4 nitrogen and oxygen atoms in total. The van der Waals surface area contributed by atoms with Gasteiger partial charge in [-0.2, -0.15) is 0 Å². The van der Waals surface area contributed by atoms with E-state index in [1.54, 1.807) is 35.2 Å². The first-order valence-electron chi connectivity index (χ1n) is 10.5. The fourth-order valence-electron chi connectivity index (χ4n) is 3.23. The molecule has 0 unspecified atom stereocenters. The normalized spacial score (nSPS) is 11.4. The van der Waals surface area contributed by atoms with Crippen molar-refractivity contribution in [3.8, 4) is 0 Å². The second-order valence-electron chi connectivity index (χ2n) is 8.01. The summed E-state index contributed by atoms with van der Waals surface area (Å²) in [6.45, 7) is 5.78. The number of aryl methyl sites for hydroxylation is 2. The molecule has 0 saturated heterocycles. The number of halogens is 1. The molecule has 3 rings (SSSR count). The van der Waals surface area contributed by atoms with E-state index >= 15 is 0 Å². The van der Waals surface area contributed by atoms with Gasteiger partial charge < -0.3 is 4.90 Å². The number of nitrogens with zero attached hydrogens (tertiary/aromatic N) is 3. The Balaban J connectivity index is 1.65. The largest absolute Gasteiger partial charge is 0.309 e. The molecular weight excluding hydrogens is 429 g/mol. The van der Waals surface area contributed by atoms with Crippen LogP contribution in [0, 0.1) is 19.7 Å². The van der Waals surface area contributed by atoms with Crippen molar-refractivity contribution in [3.05, 3.63) is 53.3 Å². The van der Waals surface area contributed by atoms with Crippen LogP contribution in [-0.4, -0.2) is 48.7 Å². The molecule has 0 aliphatic heterocycles. The molecule has 0 spiro atoms. The summed E-state index contributed by atoms with van der Waals surface area (Å²) in [4.78, 5) is 22.9. The van der Waals surface area contributed by atoms with Gasteiger partial charge in [-0.3, -0.25) is 9.69 Å². The summed E-state index contributed by atoms with van der Waals surface area (Å²) >= 11 is 3.24. The average Bonchev–Trinajstić information content (AvgIpc) is 3.12. The van der Waals surface area contributed by atoms with Crippen LogP contribution in [0.3, 0.4) is 0 Å². The van der Waals surface area contributed by atoms with Crippen LogP contribution in [-0.2, 0) is 4.79 Å². The third-order valence-corrected chi connectivity index (χ3v) is 7.27. The Morgan fingerprint density at radius 1 is 1.06 bits per heavy atom. The smallest absolute Gasteiger partial charge is 0.228 e. The Morgan fingerprint density at radius 2 is 1.77 bits per heavy atom. The quantitative estimate of drug-likeness (QED) is 0.279. The Hall–Kier alpha value is -1.96. The number of anilines is 1. The van der Waals surface area contributed by atoms with E-state index < -0.39 is 0 Å². The molecule has 1 aromatic heterocycles. The first-order valence-corrected chi connectivity index (χ1v) is 12.3. The van der Waals surface area contributed by atoms with Crippen molar-refractivity contribution in [1.82, 2.24) is 9.88 Å². The summed E-state index contributed by atoms with van der Waals surface area (Å²) in [6, 6.07) is 10.8. The molecule has 3 aromatic rings. The molecule has 1 amide bonds. The summed E-state index contributed by atoms with van der Waals surface area (Å²) in [5.74, 6) is 0.710. The fraction of sp³-hybridized carbons (Fsp3) is 0.417. The van der Waals surface area contributed by atoms with E-state index in [0.29, 0.717) is 13.0 Å². The Kier molecular flexibility index (Phi) is 8.46. The first-order chi connectivity index (χ1) is 14.8. The standard InChI is InChI=1S/C24H30FN3OS2/c1-17-15-21-22(16-18(17)2)31-24(26-21)28(13-6-12-27(3)4)23(29)7-5-14-30-20-10-8-19(25)9-11-20/h8-11,15-16H,5-7,12-14H2,1-4H3. The average molecular weight is 460 g/mol. The second-order valence-corrected chi connectivity index (χ2v) is 10.2. The number of amides is 1. The van der Waals surface area contributed by atoms with Gasteiger partial charge in [-0.1, -0.05) is 11.3 Å². The van der Waals surface area contributed by atoms with E-state index in [1.807, 2.05) is 19.0 Å². The molecule has 0 radical (unpaired) electrons. The summed E-state index contributed by atoms with van der Waals surface area (Å²) in [7, 11) is 4.09. The molecule has 1 heterocycles. The third-order valence-electron chi connectivity index (χ3n) is 5.13. The van der Waals surface area contributed by atoms with E-state index in [4.69, 9.17) is 4.98 Å². The lowest BCUT2D eigenvalue weighted by molar-refractivity contribution is -0.118. The molecular formula is C24H30FN3OS2. The minimum absolute atomic E-state index is 0.117. The maximum atomic E-state index is 13.1. The molecule has 0 N–H and O–H groups in total. The van der Waals surface area contributed by atoms with Gasteiger partial charge in [-0.25, -0.2) is 9.37 Å². The van der Waals surface area contributed by atoms with Crippen LogP contribution >= 0.6 is 23.1 Å². The van der Waals surface area contributed by atoms with Gasteiger partial charge in [0.25, 0.3) is 0 Å². The minimum Gasteiger partial charge on any atom is -0.309 e. The number of carbonyl (C=O) groups is 1. The van der Waals surface area contributed by atoms with E-state index in [-0.39, 0.29) is 11.7 Å². The molecule has 0 atom stereocenters. The van der Waals surface area contributed by atoms with E-state index in [1.165, 1.54) is 23.3 Å². The number of thioether (sulfide) groups is 1. The van der Waals surface area contributed by atoms with Crippen molar-refractivity contribution in [2.24, 2.45) is 0 Å². The van der Waals surface area contributed by atoms with Crippen molar-refractivity contribution in [2.75, 3.05) is 37.8 Å². The van der Waals surface area contributed by atoms with Gasteiger partial charge in [0.2, 0.25) is 5.91 Å². The highest BCUT2D eigenvalue weighted by Crippen LogP contribution is 2.31. The van der Waals surface area contributed by atoms with Crippen molar-refractivity contribution in [1.29, 1.82) is 0 Å². The number of carbonyl (C=O) groups excluding carboxylic acids is 1. The SMILES string of the molecule is Cc1cc2nc(N(CCCN(C)C)C(=O)CCCSc3ccc(F)cc3)sc2cc1C. The van der Waals surface area contributed by atoms with Crippen LogP contribution in [0.15, 0.2) is 41.3 Å². The van der Waals surface area contributed by atoms with Crippen LogP contribution in [0.2, 0.25) is 0 Å². The third kappa shape index (κ3) is 6.76. The number of fused-ring (bicyclic) bond motifs is 1. The minimum atomic E-state index is -0.228. The highest BCUT2D eigenvalue weighted by atomic mass is 32.2. The van der Waals surface area contributed by atoms with Crippen molar-refractivity contribution in [3.63, 3.8) is 0 Å². The van der Waals surface area contributed by atoms with Crippen molar-refractivity contribution in [2.45, 2.75) is 38.0 Å². The van der Waals surface area contributed by atoms with Gasteiger partial charge in [0.1, 0.15) is 5.82 Å². The van der Waals surface area contributed by atoms with E-state index in [0.717, 1.165) is 45.4 Å². The van der Waals surface area contributed by atoms with Crippen LogP contribution < -0.4 is 4.90 Å². The van der Waals surface area contributed by atoms with Gasteiger partial charge in [0.05, 0.1) is 10.2 Å². The maximum absolute atomic E-state index is 13.1. The molecule has 0 aliphatic carbocycles. The number of hydrogen-bond donors (Lipinski definition) is 0. The summed E-state index contributed by atoms with van der Waals surface area (Å²) in [5, 5.41) is 0.787. The zero-order chi connectivity index (χ0) is 22.4. The topological polar surface area (TPSA) is 36.4 Å². The predicted molar refractivity (Wildman–Crippen MR) is 131 cm³/mol. The Labute approximate surface area is 192 Å². The summed E-state index contributed by atoms with van der Waals surface area (Å²) < 4.78 is 14.2. The number of hydrogen-bond acceptors (Lipinski definition) is 5. The van der Waals surface area contributed by atoms with Gasteiger partial charge in [-0.15, -0.1) is 11.8 Å². The number of benzene rings is 2. The monoisotopic (exact) mass is 459 g/mol. The zero-order valence-corrected chi connectivity index (χ0v) is 20.3. The van der Waals surface area contributed by atoms with E-state index in [9.17, 15) is 9.18 Å². The predicted octanol–water partition coefficient (Wildman–Crippen LogP) is 5.91. The molecule has 7 heteroatoms. The molecule has 2 aromatic carbocycles. The van der Waals surface area contributed by atoms with Crippen molar-refractivity contribution < 1.29 is 9.18 Å². The highest BCUT2D eigenvalue weighted by Gasteiger charge is 2.19. The van der Waals surface area contributed by atoms with Crippen LogP contribution in [0.4, 0.5) is 9.52 Å². The number of thiazole rings is 1. The molecule has 0 aliphatic rings. The zero-order valence-electron chi connectivity index (χ0n) is 18.7. The molecule has 31 heavy (non-hydrogen) atoms. The molecule has 166 valence electrons. The maximum Gasteiger partial charge on any atom is 0.228 e. The summed E-state index contributed by atoms with van der Waals surface area (Å²) in [6.07, 6.45) is 2.15. The van der Waals surface area contributed by atoms with Crippen LogP contribution in [0.1, 0.15) is 30.4 Å². The lowest BCUT2D eigenvalue weighted by atomic mass is 10.1. The Morgan fingerprint density at radius 3 is 2.48 bits per heavy atom. The molecule has 0 fully saturated rings. The van der Waals surface area contributed by atoms with Gasteiger partial charge in [0.15, 0.2) is 5.13 Å². The van der Waals surface area contributed by atoms with Crippen LogP contribution in [0.25, 0.3) is 10.2 Å². The first kappa shape index (κ1) is 23.7. The van der Waals surface area contributed by atoms with Crippen molar-refractivity contribution >= 4 is 44.4 Å².